The molecule has 4 heteroatoms. The molecule has 3 atom stereocenters. The molecule has 102 valence electrons. The number of hydrogen-bond acceptors (Lipinski definition) is 4. The standard InChI is InChI=1S/C15H19NO3/c1-10-7-12(10)14-5-4-11(19-14)8-16-9-13(17)15-3-2-6-18-15/h2-6,10,12-13,16-17H,7-9H2,1H3. The molecular weight excluding hydrogens is 242 g/mol. The van der Waals surface area contributed by atoms with Crippen LogP contribution in [0, 0.1) is 5.92 Å². The highest BCUT2D eigenvalue weighted by atomic mass is 16.4. The lowest BCUT2D eigenvalue weighted by molar-refractivity contribution is 0.146. The van der Waals surface area contributed by atoms with Gasteiger partial charge in [0.15, 0.2) is 0 Å². The number of aliphatic hydroxyl groups is 1. The van der Waals surface area contributed by atoms with Crippen molar-refractivity contribution in [1.82, 2.24) is 5.32 Å². The third kappa shape index (κ3) is 2.91. The van der Waals surface area contributed by atoms with Crippen LogP contribution in [0.15, 0.2) is 39.4 Å². The molecule has 3 rings (SSSR count). The minimum Gasteiger partial charge on any atom is -0.467 e. The van der Waals surface area contributed by atoms with Gasteiger partial charge in [-0.1, -0.05) is 6.92 Å². The number of furan rings is 2. The molecule has 0 amide bonds. The van der Waals surface area contributed by atoms with Gasteiger partial charge < -0.3 is 19.3 Å². The van der Waals surface area contributed by atoms with Crippen molar-refractivity contribution >= 4 is 0 Å². The van der Waals surface area contributed by atoms with Gasteiger partial charge in [0, 0.05) is 12.5 Å². The first-order valence-corrected chi connectivity index (χ1v) is 6.75. The van der Waals surface area contributed by atoms with Gasteiger partial charge in [-0.3, -0.25) is 0 Å². The van der Waals surface area contributed by atoms with E-state index in [1.165, 1.54) is 6.42 Å². The van der Waals surface area contributed by atoms with Crippen LogP contribution < -0.4 is 5.32 Å². The summed E-state index contributed by atoms with van der Waals surface area (Å²) < 4.78 is 10.9. The molecule has 0 radical (unpaired) electrons. The zero-order valence-corrected chi connectivity index (χ0v) is 11.0. The van der Waals surface area contributed by atoms with E-state index in [-0.39, 0.29) is 0 Å². The molecule has 0 aromatic carbocycles. The summed E-state index contributed by atoms with van der Waals surface area (Å²) in [5.74, 6) is 3.96. The lowest BCUT2D eigenvalue weighted by atomic mass is 10.2. The first-order valence-electron chi connectivity index (χ1n) is 6.75. The summed E-state index contributed by atoms with van der Waals surface area (Å²) in [5, 5.41) is 13.0. The van der Waals surface area contributed by atoms with E-state index in [0.717, 1.165) is 17.4 Å². The third-order valence-electron chi connectivity index (χ3n) is 3.67. The maximum atomic E-state index is 9.84. The molecule has 0 spiro atoms. The van der Waals surface area contributed by atoms with E-state index in [9.17, 15) is 5.11 Å². The van der Waals surface area contributed by atoms with Crippen LogP contribution in [0.5, 0.6) is 0 Å². The Morgan fingerprint density at radius 3 is 2.95 bits per heavy atom. The van der Waals surface area contributed by atoms with Gasteiger partial charge in [0.1, 0.15) is 23.4 Å². The van der Waals surface area contributed by atoms with Gasteiger partial charge in [-0.2, -0.15) is 0 Å². The highest BCUT2D eigenvalue weighted by Gasteiger charge is 2.36. The highest BCUT2D eigenvalue weighted by molar-refractivity contribution is 5.17. The second-order valence-corrected chi connectivity index (χ2v) is 5.29. The van der Waals surface area contributed by atoms with E-state index in [4.69, 9.17) is 8.83 Å². The normalized spacial score (nSPS) is 23.5. The Kier molecular flexibility index (Phi) is 3.44. The summed E-state index contributed by atoms with van der Waals surface area (Å²) in [6.07, 6.45) is 2.18. The van der Waals surface area contributed by atoms with Crippen LogP contribution in [0.25, 0.3) is 0 Å². The van der Waals surface area contributed by atoms with Crippen LogP contribution in [0.4, 0.5) is 0 Å². The number of hydrogen-bond donors (Lipinski definition) is 2. The van der Waals surface area contributed by atoms with Crippen molar-refractivity contribution in [2.45, 2.75) is 31.9 Å². The van der Waals surface area contributed by atoms with Crippen molar-refractivity contribution in [1.29, 1.82) is 0 Å². The third-order valence-corrected chi connectivity index (χ3v) is 3.67. The average Bonchev–Trinajstić information content (AvgIpc) is 2.90. The molecule has 0 aliphatic heterocycles. The van der Waals surface area contributed by atoms with Crippen LogP contribution in [0.3, 0.4) is 0 Å². The second kappa shape index (κ2) is 5.23. The summed E-state index contributed by atoms with van der Waals surface area (Å²) in [7, 11) is 0. The Hall–Kier alpha value is -1.52. The Labute approximate surface area is 112 Å². The summed E-state index contributed by atoms with van der Waals surface area (Å²) in [6, 6.07) is 7.61. The van der Waals surface area contributed by atoms with Gasteiger partial charge in [-0.25, -0.2) is 0 Å². The summed E-state index contributed by atoms with van der Waals surface area (Å²) in [5.41, 5.74) is 0. The van der Waals surface area contributed by atoms with Crippen molar-refractivity contribution in [3.63, 3.8) is 0 Å². The van der Waals surface area contributed by atoms with E-state index in [1.807, 2.05) is 6.07 Å². The molecular formula is C15H19NO3. The molecule has 2 aromatic rings. The Morgan fingerprint density at radius 2 is 2.26 bits per heavy atom. The Balaban J connectivity index is 1.46. The smallest absolute Gasteiger partial charge is 0.133 e. The molecule has 1 aliphatic rings. The molecule has 2 N–H and O–H groups in total. The number of rotatable bonds is 6. The molecule has 1 saturated carbocycles. The molecule has 0 bridgehead atoms. The Bertz CT molecular complexity index is 517. The second-order valence-electron chi connectivity index (χ2n) is 5.29. The number of nitrogens with one attached hydrogen (secondary N) is 1. The minimum absolute atomic E-state index is 0.448. The van der Waals surface area contributed by atoms with Gasteiger partial charge in [-0.05, 0) is 36.6 Å². The topological polar surface area (TPSA) is 58.5 Å². The van der Waals surface area contributed by atoms with Crippen molar-refractivity contribution in [3.8, 4) is 0 Å². The van der Waals surface area contributed by atoms with Gasteiger partial charge in [0.25, 0.3) is 0 Å². The summed E-state index contributed by atoms with van der Waals surface area (Å²) in [4.78, 5) is 0. The quantitative estimate of drug-likeness (QED) is 0.839. The molecule has 3 unspecified atom stereocenters. The van der Waals surface area contributed by atoms with Crippen LogP contribution >= 0.6 is 0 Å². The fourth-order valence-electron chi connectivity index (χ4n) is 2.32. The van der Waals surface area contributed by atoms with Crippen molar-refractivity contribution in [2.24, 2.45) is 5.92 Å². The molecule has 19 heavy (non-hydrogen) atoms. The van der Waals surface area contributed by atoms with Crippen molar-refractivity contribution < 1.29 is 13.9 Å². The van der Waals surface area contributed by atoms with Gasteiger partial charge in [-0.15, -0.1) is 0 Å². The fraction of sp³-hybridized carbons (Fsp3) is 0.467. The first kappa shape index (κ1) is 12.5. The first-order chi connectivity index (χ1) is 9.24. The minimum atomic E-state index is -0.618. The monoisotopic (exact) mass is 261 g/mol. The summed E-state index contributed by atoms with van der Waals surface area (Å²) in [6.45, 7) is 3.31. The maximum Gasteiger partial charge on any atom is 0.133 e. The van der Waals surface area contributed by atoms with E-state index >= 15 is 0 Å². The SMILES string of the molecule is CC1CC1c1ccc(CNCC(O)c2ccco2)o1. The molecule has 2 heterocycles. The molecule has 1 fully saturated rings. The van der Waals surface area contributed by atoms with E-state index in [2.05, 4.69) is 18.3 Å². The van der Waals surface area contributed by atoms with Crippen LogP contribution in [-0.2, 0) is 6.54 Å². The van der Waals surface area contributed by atoms with Gasteiger partial charge >= 0.3 is 0 Å². The molecule has 0 saturated heterocycles. The van der Waals surface area contributed by atoms with Crippen molar-refractivity contribution in [2.75, 3.05) is 6.54 Å². The Morgan fingerprint density at radius 1 is 1.42 bits per heavy atom. The zero-order valence-electron chi connectivity index (χ0n) is 11.0. The molecule has 1 aliphatic carbocycles. The van der Waals surface area contributed by atoms with Gasteiger partial charge in [0.2, 0.25) is 0 Å². The van der Waals surface area contributed by atoms with E-state index in [0.29, 0.717) is 24.8 Å². The highest BCUT2D eigenvalue weighted by Crippen LogP contribution is 2.47. The fourth-order valence-corrected chi connectivity index (χ4v) is 2.32. The number of aliphatic hydroxyl groups excluding tert-OH is 1. The predicted molar refractivity (Wildman–Crippen MR) is 70.6 cm³/mol. The maximum absolute atomic E-state index is 9.84. The van der Waals surface area contributed by atoms with Crippen molar-refractivity contribution in [3.05, 3.63) is 47.8 Å². The largest absolute Gasteiger partial charge is 0.467 e. The molecule has 2 aromatic heterocycles. The lowest BCUT2D eigenvalue weighted by Gasteiger charge is -2.08. The molecule has 4 nitrogen and oxygen atoms in total. The average molecular weight is 261 g/mol. The van der Waals surface area contributed by atoms with Crippen LogP contribution in [-0.4, -0.2) is 11.7 Å². The lowest BCUT2D eigenvalue weighted by Crippen LogP contribution is -2.20. The van der Waals surface area contributed by atoms with Gasteiger partial charge in [0.05, 0.1) is 12.8 Å². The van der Waals surface area contributed by atoms with Crippen LogP contribution in [0.2, 0.25) is 0 Å². The van der Waals surface area contributed by atoms with E-state index < -0.39 is 6.10 Å². The van der Waals surface area contributed by atoms with Crippen LogP contribution in [0.1, 0.15) is 42.6 Å². The zero-order chi connectivity index (χ0) is 13.2. The van der Waals surface area contributed by atoms with E-state index in [1.54, 1.807) is 18.4 Å². The summed E-state index contributed by atoms with van der Waals surface area (Å²) >= 11 is 0. The predicted octanol–water partition coefficient (Wildman–Crippen LogP) is 2.82.